The van der Waals surface area contributed by atoms with Gasteiger partial charge in [0.2, 0.25) is 0 Å². The van der Waals surface area contributed by atoms with Crippen molar-refractivity contribution in [2.75, 3.05) is 19.8 Å². The fraction of sp³-hybridized carbons (Fsp3) is 0.632. The van der Waals surface area contributed by atoms with E-state index >= 15 is 0 Å². The van der Waals surface area contributed by atoms with Gasteiger partial charge in [0.1, 0.15) is 5.60 Å². The average Bonchev–Trinajstić information content (AvgIpc) is 3.03. The zero-order chi connectivity index (χ0) is 16.3. The van der Waals surface area contributed by atoms with E-state index in [1.807, 2.05) is 0 Å². The molecule has 2 aliphatic rings. The minimum atomic E-state index is -1.26. The SMILES string of the molecule is Cc1cccc(C2(CNC(=O)C3(O)CCOCC3)CCCC2)c1. The van der Waals surface area contributed by atoms with Crippen LogP contribution >= 0.6 is 0 Å². The molecule has 2 fully saturated rings. The van der Waals surface area contributed by atoms with Crippen LogP contribution in [0.5, 0.6) is 0 Å². The van der Waals surface area contributed by atoms with Crippen LogP contribution in [-0.2, 0) is 14.9 Å². The lowest BCUT2D eigenvalue weighted by Gasteiger charge is -2.34. The molecule has 1 saturated carbocycles. The van der Waals surface area contributed by atoms with E-state index in [1.165, 1.54) is 24.0 Å². The van der Waals surface area contributed by atoms with Crippen LogP contribution in [0.1, 0.15) is 49.7 Å². The number of hydrogen-bond acceptors (Lipinski definition) is 3. The Kier molecular flexibility index (Phi) is 4.74. The van der Waals surface area contributed by atoms with Gasteiger partial charge >= 0.3 is 0 Å². The molecule has 0 spiro atoms. The van der Waals surface area contributed by atoms with Crippen LogP contribution in [0.15, 0.2) is 24.3 Å². The van der Waals surface area contributed by atoms with Crippen molar-refractivity contribution >= 4 is 5.91 Å². The molecule has 1 saturated heterocycles. The highest BCUT2D eigenvalue weighted by Crippen LogP contribution is 2.41. The molecule has 3 rings (SSSR count). The zero-order valence-corrected chi connectivity index (χ0v) is 13.9. The maximum atomic E-state index is 12.5. The first-order chi connectivity index (χ1) is 11.0. The number of rotatable bonds is 4. The molecule has 0 aromatic heterocycles. The third kappa shape index (κ3) is 3.43. The monoisotopic (exact) mass is 317 g/mol. The summed E-state index contributed by atoms with van der Waals surface area (Å²) in [5.74, 6) is -0.236. The van der Waals surface area contributed by atoms with Crippen LogP contribution in [-0.4, -0.2) is 36.4 Å². The van der Waals surface area contributed by atoms with Gasteiger partial charge in [-0.05, 0) is 25.3 Å². The summed E-state index contributed by atoms with van der Waals surface area (Å²) < 4.78 is 5.26. The molecular weight excluding hydrogens is 290 g/mol. The summed E-state index contributed by atoms with van der Waals surface area (Å²) >= 11 is 0. The standard InChI is InChI=1S/C19H27NO3/c1-15-5-4-6-16(13-15)18(7-2-3-8-18)14-20-17(21)19(22)9-11-23-12-10-19/h4-6,13,22H,2-3,7-12,14H2,1H3,(H,20,21). The Bertz CT molecular complexity index is 557. The molecule has 1 aromatic rings. The lowest BCUT2D eigenvalue weighted by atomic mass is 9.78. The Balaban J connectivity index is 1.72. The van der Waals surface area contributed by atoms with Crippen molar-refractivity contribution in [2.45, 2.75) is 56.5 Å². The second-order valence-corrected chi connectivity index (χ2v) is 7.18. The third-order valence-corrected chi connectivity index (χ3v) is 5.52. The van der Waals surface area contributed by atoms with Crippen LogP contribution < -0.4 is 5.32 Å². The highest BCUT2D eigenvalue weighted by molar-refractivity contribution is 5.85. The minimum absolute atomic E-state index is 0.0171. The first kappa shape index (κ1) is 16.5. The van der Waals surface area contributed by atoms with Gasteiger partial charge in [0.05, 0.1) is 0 Å². The largest absolute Gasteiger partial charge is 0.381 e. The number of hydrogen-bond donors (Lipinski definition) is 2. The highest BCUT2D eigenvalue weighted by Gasteiger charge is 2.41. The van der Waals surface area contributed by atoms with Crippen LogP contribution in [0.25, 0.3) is 0 Å². The van der Waals surface area contributed by atoms with E-state index in [2.05, 4.69) is 36.5 Å². The molecular formula is C19H27NO3. The molecule has 1 aromatic carbocycles. The van der Waals surface area contributed by atoms with Gasteiger partial charge in [0, 0.05) is 38.0 Å². The van der Waals surface area contributed by atoms with E-state index in [0.29, 0.717) is 32.6 Å². The molecule has 0 radical (unpaired) electrons. The molecule has 0 atom stereocenters. The fourth-order valence-electron chi connectivity index (χ4n) is 3.94. The molecule has 0 unspecified atom stereocenters. The Labute approximate surface area is 138 Å². The summed E-state index contributed by atoms with van der Waals surface area (Å²) in [6.07, 6.45) is 5.35. The predicted octanol–water partition coefficient (Wildman–Crippen LogP) is 2.46. The number of carbonyl (C=O) groups is 1. The molecule has 2 N–H and O–H groups in total. The van der Waals surface area contributed by atoms with Crippen molar-refractivity contribution in [1.29, 1.82) is 0 Å². The maximum Gasteiger partial charge on any atom is 0.252 e. The number of aryl methyl sites for hydroxylation is 1. The van der Waals surface area contributed by atoms with Crippen molar-refractivity contribution in [3.8, 4) is 0 Å². The normalized spacial score (nSPS) is 22.7. The summed E-state index contributed by atoms with van der Waals surface area (Å²) in [5, 5.41) is 13.6. The molecule has 4 nitrogen and oxygen atoms in total. The van der Waals surface area contributed by atoms with E-state index in [0.717, 1.165) is 12.8 Å². The maximum absolute atomic E-state index is 12.5. The predicted molar refractivity (Wildman–Crippen MR) is 89.3 cm³/mol. The van der Waals surface area contributed by atoms with Gasteiger partial charge in [0.15, 0.2) is 0 Å². The summed E-state index contributed by atoms with van der Waals surface area (Å²) in [7, 11) is 0. The summed E-state index contributed by atoms with van der Waals surface area (Å²) in [4.78, 5) is 12.5. The van der Waals surface area contributed by atoms with Gasteiger partial charge in [-0.3, -0.25) is 4.79 Å². The fourth-order valence-corrected chi connectivity index (χ4v) is 3.94. The van der Waals surface area contributed by atoms with E-state index in [9.17, 15) is 9.90 Å². The summed E-state index contributed by atoms with van der Waals surface area (Å²) in [5.41, 5.74) is 1.32. The number of amides is 1. The van der Waals surface area contributed by atoms with E-state index < -0.39 is 5.60 Å². The molecule has 23 heavy (non-hydrogen) atoms. The van der Waals surface area contributed by atoms with Crippen LogP contribution in [0.3, 0.4) is 0 Å². The first-order valence-electron chi connectivity index (χ1n) is 8.70. The summed E-state index contributed by atoms with van der Waals surface area (Å²) in [6.45, 7) is 3.62. The van der Waals surface area contributed by atoms with Crippen molar-refractivity contribution in [1.82, 2.24) is 5.32 Å². The number of nitrogens with one attached hydrogen (secondary N) is 1. The molecule has 1 heterocycles. The molecule has 1 amide bonds. The summed E-state index contributed by atoms with van der Waals surface area (Å²) in [6, 6.07) is 8.61. The quantitative estimate of drug-likeness (QED) is 0.897. The average molecular weight is 317 g/mol. The second kappa shape index (κ2) is 6.62. The number of aliphatic hydroxyl groups is 1. The first-order valence-corrected chi connectivity index (χ1v) is 8.70. The Morgan fingerprint density at radius 1 is 1.22 bits per heavy atom. The van der Waals surface area contributed by atoms with Gasteiger partial charge in [0.25, 0.3) is 5.91 Å². The molecule has 4 heteroatoms. The molecule has 1 aliphatic carbocycles. The molecule has 0 bridgehead atoms. The van der Waals surface area contributed by atoms with E-state index in [1.54, 1.807) is 0 Å². The Morgan fingerprint density at radius 3 is 2.57 bits per heavy atom. The van der Waals surface area contributed by atoms with E-state index in [-0.39, 0.29) is 11.3 Å². The van der Waals surface area contributed by atoms with Gasteiger partial charge in [-0.1, -0.05) is 42.7 Å². The molecule has 1 aliphatic heterocycles. The van der Waals surface area contributed by atoms with Crippen LogP contribution in [0, 0.1) is 6.92 Å². The Hall–Kier alpha value is -1.39. The number of ether oxygens (including phenoxy) is 1. The van der Waals surface area contributed by atoms with Crippen molar-refractivity contribution in [3.05, 3.63) is 35.4 Å². The highest BCUT2D eigenvalue weighted by atomic mass is 16.5. The Morgan fingerprint density at radius 2 is 1.91 bits per heavy atom. The topological polar surface area (TPSA) is 58.6 Å². The van der Waals surface area contributed by atoms with Crippen LogP contribution in [0.4, 0.5) is 0 Å². The lowest BCUT2D eigenvalue weighted by Crippen LogP contribution is -2.52. The van der Waals surface area contributed by atoms with Gasteiger partial charge in [-0.15, -0.1) is 0 Å². The number of carbonyl (C=O) groups excluding carboxylic acids is 1. The van der Waals surface area contributed by atoms with Crippen molar-refractivity contribution in [3.63, 3.8) is 0 Å². The minimum Gasteiger partial charge on any atom is -0.381 e. The second-order valence-electron chi connectivity index (χ2n) is 7.18. The lowest BCUT2D eigenvalue weighted by molar-refractivity contribution is -0.149. The van der Waals surface area contributed by atoms with Gasteiger partial charge in [-0.25, -0.2) is 0 Å². The van der Waals surface area contributed by atoms with Crippen LogP contribution in [0.2, 0.25) is 0 Å². The molecule has 126 valence electrons. The van der Waals surface area contributed by atoms with Crippen molar-refractivity contribution in [2.24, 2.45) is 0 Å². The van der Waals surface area contributed by atoms with E-state index in [4.69, 9.17) is 4.74 Å². The smallest absolute Gasteiger partial charge is 0.252 e. The van der Waals surface area contributed by atoms with Crippen molar-refractivity contribution < 1.29 is 14.6 Å². The van der Waals surface area contributed by atoms with Gasteiger partial charge < -0.3 is 15.2 Å². The van der Waals surface area contributed by atoms with Gasteiger partial charge in [-0.2, -0.15) is 0 Å². The number of benzene rings is 1. The zero-order valence-electron chi connectivity index (χ0n) is 13.9. The third-order valence-electron chi connectivity index (χ3n) is 5.52.